The Morgan fingerprint density at radius 1 is 0.969 bits per heavy atom. The summed E-state index contributed by atoms with van der Waals surface area (Å²) in [5, 5.41) is 13.3. The van der Waals surface area contributed by atoms with Gasteiger partial charge in [0.1, 0.15) is 22.7 Å². The quantitative estimate of drug-likeness (QED) is 0.283. The molecule has 9 nitrogen and oxygen atoms in total. The molecule has 160 valence electrons. The van der Waals surface area contributed by atoms with Crippen molar-refractivity contribution in [3.05, 3.63) is 77.6 Å². The first kappa shape index (κ1) is 21.6. The molecule has 2 aromatic carbocycles. The van der Waals surface area contributed by atoms with Gasteiger partial charge >= 0.3 is 0 Å². The number of nitrogens with one attached hydrogen (secondary N) is 2. The molecule has 2 aromatic heterocycles. The Hall–Kier alpha value is -3.67. The fourth-order valence-electron chi connectivity index (χ4n) is 2.86. The molecule has 0 bridgehead atoms. The average molecular weight is 540 g/mol. The van der Waals surface area contributed by atoms with Crippen molar-refractivity contribution in [2.24, 2.45) is 0 Å². The third kappa shape index (κ3) is 4.97. The topological polar surface area (TPSA) is 119 Å². The molecule has 0 radical (unpaired) electrons. The van der Waals surface area contributed by atoms with E-state index in [-0.39, 0.29) is 23.5 Å². The Balaban J connectivity index is 1.51. The van der Waals surface area contributed by atoms with Crippen LogP contribution < -0.4 is 15.4 Å². The monoisotopic (exact) mass is 540 g/mol. The van der Waals surface area contributed by atoms with Crippen LogP contribution in [-0.2, 0) is 4.43 Å². The van der Waals surface area contributed by atoms with E-state index >= 15 is 0 Å². The summed E-state index contributed by atoms with van der Waals surface area (Å²) in [7, 11) is 1.53. The molecule has 0 atom stereocenters. The number of ether oxygens (including phenoxy) is 1. The van der Waals surface area contributed by atoms with Gasteiger partial charge in [-0.1, -0.05) is 34.7 Å². The van der Waals surface area contributed by atoms with Crippen molar-refractivity contribution in [3.63, 3.8) is 0 Å². The fraction of sp³-hybridized carbons (Fsp3) is 0.0909. The molecule has 4 aromatic rings. The highest BCUT2D eigenvalue weighted by Crippen LogP contribution is 2.24. The molecular formula is C22H17IN6O3. The van der Waals surface area contributed by atoms with Crippen LogP contribution >= 0.6 is 22.6 Å². The Morgan fingerprint density at radius 3 is 2.62 bits per heavy atom. The minimum Gasteiger partial charge on any atom is -0.457 e. The fourth-order valence-corrected chi connectivity index (χ4v) is 3.34. The Morgan fingerprint density at radius 2 is 1.81 bits per heavy atom. The second-order valence-electron chi connectivity index (χ2n) is 6.63. The third-order valence-electron chi connectivity index (χ3n) is 4.42. The average Bonchev–Trinajstić information content (AvgIpc) is 2.83. The summed E-state index contributed by atoms with van der Waals surface area (Å²) < 4.78 is 6.62. The molecule has 0 aliphatic rings. The lowest BCUT2D eigenvalue weighted by Crippen LogP contribution is -2.18. The number of aromatic nitrogens is 4. The molecule has 2 heterocycles. The first-order chi connectivity index (χ1) is 15.6. The zero-order valence-electron chi connectivity index (χ0n) is 16.9. The van der Waals surface area contributed by atoms with Gasteiger partial charge in [0.2, 0.25) is 5.95 Å². The van der Waals surface area contributed by atoms with Crippen LogP contribution in [0.15, 0.2) is 60.8 Å². The zero-order valence-corrected chi connectivity index (χ0v) is 19.0. The van der Waals surface area contributed by atoms with Crippen molar-refractivity contribution < 1.29 is 14.3 Å². The standard InChI is InChI=1S/C22H17IN6O3/c1-24-21(31)19-11-16(7-8-25-19)32-15-5-6-17-18(10-15)28-29-22(26-17)27-20(30)14-4-2-3-13(9-14)12-23/h2-11H,12H2,1H3,(H,24,31)(H,26,27,29,30). The van der Waals surface area contributed by atoms with E-state index in [4.69, 9.17) is 4.74 Å². The molecule has 0 fully saturated rings. The van der Waals surface area contributed by atoms with Gasteiger partial charge in [-0.15, -0.1) is 10.2 Å². The van der Waals surface area contributed by atoms with Crippen LogP contribution in [0, 0.1) is 0 Å². The second kappa shape index (κ2) is 9.64. The number of fused-ring (bicyclic) bond motifs is 1. The van der Waals surface area contributed by atoms with Gasteiger partial charge in [0.15, 0.2) is 0 Å². The summed E-state index contributed by atoms with van der Waals surface area (Å²) >= 11 is 2.24. The van der Waals surface area contributed by atoms with Gasteiger partial charge in [0, 0.05) is 35.4 Å². The number of benzene rings is 2. The number of anilines is 1. The summed E-state index contributed by atoms with van der Waals surface area (Å²) in [6, 6.07) is 15.6. The molecule has 32 heavy (non-hydrogen) atoms. The minimum atomic E-state index is -0.306. The summed E-state index contributed by atoms with van der Waals surface area (Å²) in [4.78, 5) is 32.6. The first-order valence-electron chi connectivity index (χ1n) is 9.52. The predicted octanol–water partition coefficient (Wildman–Crippen LogP) is 3.76. The third-order valence-corrected chi connectivity index (χ3v) is 5.30. The van der Waals surface area contributed by atoms with Gasteiger partial charge in [0.25, 0.3) is 11.8 Å². The van der Waals surface area contributed by atoms with E-state index in [0.29, 0.717) is 28.1 Å². The molecule has 2 N–H and O–H groups in total. The molecule has 0 unspecified atom stereocenters. The van der Waals surface area contributed by atoms with E-state index in [9.17, 15) is 9.59 Å². The molecule has 0 saturated heterocycles. The molecule has 10 heteroatoms. The number of pyridine rings is 1. The number of hydrogen-bond donors (Lipinski definition) is 2. The van der Waals surface area contributed by atoms with Crippen LogP contribution in [0.5, 0.6) is 11.5 Å². The smallest absolute Gasteiger partial charge is 0.269 e. The lowest BCUT2D eigenvalue weighted by molar-refractivity contribution is 0.0957. The maximum atomic E-state index is 12.5. The van der Waals surface area contributed by atoms with Crippen molar-refractivity contribution >= 4 is 51.4 Å². The summed E-state index contributed by atoms with van der Waals surface area (Å²) in [5.41, 5.74) is 2.87. The van der Waals surface area contributed by atoms with Gasteiger partial charge in [-0.05, 0) is 35.9 Å². The largest absolute Gasteiger partial charge is 0.457 e. The lowest BCUT2D eigenvalue weighted by atomic mass is 10.1. The van der Waals surface area contributed by atoms with Crippen molar-refractivity contribution in [1.82, 2.24) is 25.5 Å². The molecule has 0 spiro atoms. The normalized spacial score (nSPS) is 10.6. The van der Waals surface area contributed by atoms with Crippen molar-refractivity contribution in [2.45, 2.75) is 4.43 Å². The van der Waals surface area contributed by atoms with E-state index in [1.54, 1.807) is 36.4 Å². The number of nitrogens with zero attached hydrogens (tertiary/aromatic N) is 4. The Bertz CT molecular complexity index is 1310. The highest BCUT2D eigenvalue weighted by molar-refractivity contribution is 14.1. The highest BCUT2D eigenvalue weighted by Gasteiger charge is 2.11. The van der Waals surface area contributed by atoms with E-state index in [1.165, 1.54) is 13.2 Å². The second-order valence-corrected chi connectivity index (χ2v) is 7.39. The maximum Gasteiger partial charge on any atom is 0.269 e. The Kier molecular flexibility index (Phi) is 6.50. The van der Waals surface area contributed by atoms with Crippen LogP contribution in [0.2, 0.25) is 0 Å². The first-order valence-corrected chi connectivity index (χ1v) is 11.0. The van der Waals surface area contributed by atoms with Gasteiger partial charge in [-0.25, -0.2) is 4.98 Å². The lowest BCUT2D eigenvalue weighted by Gasteiger charge is -2.08. The minimum absolute atomic E-state index is 0.111. The van der Waals surface area contributed by atoms with E-state index < -0.39 is 0 Å². The number of rotatable bonds is 6. The van der Waals surface area contributed by atoms with Gasteiger partial charge in [-0.3, -0.25) is 19.9 Å². The molecule has 0 aliphatic heterocycles. The van der Waals surface area contributed by atoms with E-state index in [1.807, 2.05) is 18.2 Å². The molecular weight excluding hydrogens is 523 g/mol. The Labute approximate surface area is 196 Å². The van der Waals surface area contributed by atoms with Gasteiger partial charge in [-0.2, -0.15) is 0 Å². The van der Waals surface area contributed by atoms with Crippen molar-refractivity contribution in [2.75, 3.05) is 12.4 Å². The van der Waals surface area contributed by atoms with Crippen LogP contribution in [0.3, 0.4) is 0 Å². The number of hydrogen-bond acceptors (Lipinski definition) is 7. The SMILES string of the molecule is CNC(=O)c1cc(Oc2ccc3nc(NC(=O)c4cccc(CI)c4)nnc3c2)ccn1. The molecule has 4 rings (SSSR count). The number of alkyl halides is 1. The number of carbonyl (C=O) groups is 2. The highest BCUT2D eigenvalue weighted by atomic mass is 127. The summed E-state index contributed by atoms with van der Waals surface area (Å²) in [6.45, 7) is 0. The van der Waals surface area contributed by atoms with Crippen LogP contribution in [0.1, 0.15) is 26.4 Å². The van der Waals surface area contributed by atoms with Crippen LogP contribution in [0.4, 0.5) is 5.95 Å². The zero-order chi connectivity index (χ0) is 22.5. The van der Waals surface area contributed by atoms with Crippen LogP contribution in [-0.4, -0.2) is 39.0 Å². The maximum absolute atomic E-state index is 12.5. The predicted molar refractivity (Wildman–Crippen MR) is 127 cm³/mol. The summed E-state index contributed by atoms with van der Waals surface area (Å²) in [6.07, 6.45) is 1.49. The van der Waals surface area contributed by atoms with Crippen molar-refractivity contribution in [3.8, 4) is 11.5 Å². The number of carbonyl (C=O) groups excluding carboxylic acids is 2. The number of halogens is 1. The molecule has 0 saturated carbocycles. The van der Waals surface area contributed by atoms with E-state index in [2.05, 4.69) is 53.4 Å². The van der Waals surface area contributed by atoms with Crippen molar-refractivity contribution in [1.29, 1.82) is 0 Å². The van der Waals surface area contributed by atoms with Gasteiger partial charge < -0.3 is 10.1 Å². The molecule has 2 amide bonds. The number of amides is 2. The molecule has 0 aliphatic carbocycles. The van der Waals surface area contributed by atoms with E-state index in [0.717, 1.165) is 9.99 Å². The summed E-state index contributed by atoms with van der Waals surface area (Å²) in [5.74, 6) is 0.453. The van der Waals surface area contributed by atoms with Gasteiger partial charge in [0.05, 0.1) is 5.52 Å². The van der Waals surface area contributed by atoms with Crippen LogP contribution in [0.25, 0.3) is 11.0 Å².